The van der Waals surface area contributed by atoms with Gasteiger partial charge in [0.2, 0.25) is 0 Å². The average molecular weight is 496 g/mol. The van der Waals surface area contributed by atoms with Crippen molar-refractivity contribution in [1.29, 1.82) is 0 Å². The molecule has 2 aromatic rings. The van der Waals surface area contributed by atoms with Crippen molar-refractivity contribution in [2.24, 2.45) is 5.92 Å². The molecule has 1 aliphatic heterocycles. The summed E-state index contributed by atoms with van der Waals surface area (Å²) in [6.45, 7) is 9.49. The lowest BCUT2D eigenvalue weighted by molar-refractivity contribution is -0.140. The summed E-state index contributed by atoms with van der Waals surface area (Å²) in [6.07, 6.45) is 0. The van der Waals surface area contributed by atoms with Crippen LogP contribution in [0.25, 0.3) is 0 Å². The molecule has 36 heavy (non-hydrogen) atoms. The number of ether oxygens (including phenoxy) is 3. The van der Waals surface area contributed by atoms with Gasteiger partial charge in [-0.25, -0.2) is 9.59 Å². The highest BCUT2D eigenvalue weighted by Crippen LogP contribution is 2.34. The van der Waals surface area contributed by atoms with E-state index in [1.54, 1.807) is 25.1 Å². The summed E-state index contributed by atoms with van der Waals surface area (Å²) >= 11 is 0. The summed E-state index contributed by atoms with van der Waals surface area (Å²) in [7, 11) is 1.47. The van der Waals surface area contributed by atoms with E-state index in [0.717, 1.165) is 16.8 Å². The molecule has 3 rings (SSSR count). The number of allylic oxidation sites excluding steroid dienone is 1. The maximum atomic E-state index is 12.8. The molecule has 3 N–H and O–H groups in total. The number of carbonyl (C=O) groups excluding carboxylic acids is 3. The van der Waals surface area contributed by atoms with Crippen LogP contribution in [0.1, 0.15) is 43.5 Å². The van der Waals surface area contributed by atoms with Gasteiger partial charge in [-0.1, -0.05) is 37.6 Å². The lowest BCUT2D eigenvalue weighted by Gasteiger charge is -2.28. The van der Waals surface area contributed by atoms with Crippen LogP contribution in [-0.4, -0.2) is 38.2 Å². The van der Waals surface area contributed by atoms with Gasteiger partial charge in [-0.2, -0.15) is 0 Å². The van der Waals surface area contributed by atoms with Gasteiger partial charge in [-0.15, -0.1) is 0 Å². The van der Waals surface area contributed by atoms with Crippen molar-refractivity contribution >= 4 is 23.6 Å². The molecule has 0 saturated heterocycles. The van der Waals surface area contributed by atoms with Crippen LogP contribution >= 0.6 is 0 Å². The Kier molecular flexibility index (Phi) is 8.58. The molecule has 0 aromatic heterocycles. The molecule has 0 saturated carbocycles. The normalized spacial score (nSPS) is 15.2. The van der Waals surface area contributed by atoms with Crippen LogP contribution in [0.15, 0.2) is 47.7 Å². The zero-order chi connectivity index (χ0) is 26.4. The number of esters is 1. The van der Waals surface area contributed by atoms with Gasteiger partial charge in [0.25, 0.3) is 5.91 Å². The molecule has 0 aliphatic carbocycles. The number of hydrogen-bond acceptors (Lipinski definition) is 6. The van der Waals surface area contributed by atoms with Crippen molar-refractivity contribution in [3.05, 3.63) is 64.4 Å². The maximum absolute atomic E-state index is 12.8. The van der Waals surface area contributed by atoms with Crippen LogP contribution in [0.2, 0.25) is 0 Å². The fourth-order valence-corrected chi connectivity index (χ4v) is 3.80. The van der Waals surface area contributed by atoms with E-state index in [0.29, 0.717) is 28.3 Å². The van der Waals surface area contributed by atoms with E-state index in [-0.39, 0.29) is 25.0 Å². The van der Waals surface area contributed by atoms with Crippen molar-refractivity contribution in [3.8, 4) is 11.5 Å². The van der Waals surface area contributed by atoms with Crippen molar-refractivity contribution in [1.82, 2.24) is 10.6 Å². The summed E-state index contributed by atoms with van der Waals surface area (Å²) in [5.41, 5.74) is 4.11. The molecule has 2 aromatic carbocycles. The van der Waals surface area contributed by atoms with Crippen LogP contribution in [0.5, 0.6) is 11.5 Å². The lowest BCUT2D eigenvalue weighted by atomic mass is 9.95. The largest absolute Gasteiger partial charge is 0.493 e. The molecule has 0 fully saturated rings. The Morgan fingerprint density at radius 2 is 1.81 bits per heavy atom. The molecule has 192 valence electrons. The van der Waals surface area contributed by atoms with Gasteiger partial charge in [0.15, 0.2) is 18.1 Å². The first kappa shape index (κ1) is 26.6. The number of amides is 3. The summed E-state index contributed by atoms with van der Waals surface area (Å²) < 4.78 is 16.6. The number of carbonyl (C=O) groups is 3. The Labute approximate surface area is 211 Å². The summed E-state index contributed by atoms with van der Waals surface area (Å²) in [6, 6.07) is 9.60. The molecule has 1 atom stereocenters. The van der Waals surface area contributed by atoms with E-state index in [9.17, 15) is 14.4 Å². The number of benzene rings is 2. The number of aryl methyl sites for hydroxylation is 2. The van der Waals surface area contributed by atoms with Crippen LogP contribution in [0.3, 0.4) is 0 Å². The van der Waals surface area contributed by atoms with Gasteiger partial charge in [-0.05, 0) is 56.0 Å². The third-order valence-corrected chi connectivity index (χ3v) is 5.57. The minimum atomic E-state index is -0.742. The fraction of sp³-hybridized carbons (Fsp3) is 0.370. The first-order valence-corrected chi connectivity index (χ1v) is 11.7. The predicted molar refractivity (Wildman–Crippen MR) is 136 cm³/mol. The molecule has 1 unspecified atom stereocenters. The molecule has 0 spiro atoms. The molecule has 0 bridgehead atoms. The number of anilines is 1. The number of nitrogens with one attached hydrogen (secondary N) is 3. The first-order chi connectivity index (χ1) is 17.1. The molecular weight excluding hydrogens is 462 g/mol. The summed E-state index contributed by atoms with van der Waals surface area (Å²) in [5.74, 6) is 0.0469. The molecule has 1 aliphatic rings. The van der Waals surface area contributed by atoms with Crippen LogP contribution in [0, 0.1) is 19.8 Å². The number of urea groups is 1. The second kappa shape index (κ2) is 11.6. The molecule has 9 nitrogen and oxygen atoms in total. The highest BCUT2D eigenvalue weighted by Gasteiger charge is 2.33. The Morgan fingerprint density at radius 3 is 2.47 bits per heavy atom. The first-order valence-electron chi connectivity index (χ1n) is 11.7. The fourth-order valence-electron chi connectivity index (χ4n) is 3.80. The molecule has 0 radical (unpaired) electrons. The summed E-state index contributed by atoms with van der Waals surface area (Å²) in [4.78, 5) is 37.4. The van der Waals surface area contributed by atoms with Gasteiger partial charge in [0.05, 0.1) is 25.3 Å². The van der Waals surface area contributed by atoms with Crippen molar-refractivity contribution in [2.75, 3.05) is 25.6 Å². The van der Waals surface area contributed by atoms with Gasteiger partial charge >= 0.3 is 12.0 Å². The SMILES string of the molecule is COc1cc(C2NC(=O)NC(C)=C2C(=O)OCC(C)C)ccc1OCC(=O)Nc1ccc(C)cc1C. The standard InChI is InChI=1S/C27H33N3O6/c1-15(2)13-36-26(32)24-18(5)28-27(33)30-25(24)19-8-10-21(22(12-19)34-6)35-14-23(31)29-20-9-7-16(3)11-17(20)4/h7-12,15,25H,13-14H2,1-6H3,(H,29,31)(H2,28,30,33). The Bertz CT molecular complexity index is 1190. The Morgan fingerprint density at radius 1 is 1.06 bits per heavy atom. The van der Waals surface area contributed by atoms with Gasteiger partial charge in [0.1, 0.15) is 0 Å². The monoisotopic (exact) mass is 495 g/mol. The van der Waals surface area contributed by atoms with E-state index in [1.807, 2.05) is 45.9 Å². The van der Waals surface area contributed by atoms with E-state index in [4.69, 9.17) is 14.2 Å². The zero-order valence-corrected chi connectivity index (χ0v) is 21.5. The van der Waals surface area contributed by atoms with E-state index >= 15 is 0 Å². The summed E-state index contributed by atoms with van der Waals surface area (Å²) in [5, 5.41) is 8.23. The number of methoxy groups -OCH3 is 1. The van der Waals surface area contributed by atoms with Crippen LogP contribution in [-0.2, 0) is 14.3 Å². The molecule has 9 heteroatoms. The highest BCUT2D eigenvalue weighted by molar-refractivity contribution is 5.95. The molecular formula is C27H33N3O6. The third-order valence-electron chi connectivity index (χ3n) is 5.57. The smallest absolute Gasteiger partial charge is 0.338 e. The number of rotatable bonds is 9. The van der Waals surface area contributed by atoms with Crippen molar-refractivity contribution < 1.29 is 28.6 Å². The average Bonchev–Trinajstić information content (AvgIpc) is 2.82. The topological polar surface area (TPSA) is 115 Å². The molecule has 3 amide bonds. The van der Waals surface area contributed by atoms with Gasteiger partial charge < -0.3 is 30.2 Å². The third kappa shape index (κ3) is 6.56. The Hall–Kier alpha value is -4.01. The minimum Gasteiger partial charge on any atom is -0.493 e. The van der Waals surface area contributed by atoms with Crippen molar-refractivity contribution in [3.63, 3.8) is 0 Å². The van der Waals surface area contributed by atoms with E-state index < -0.39 is 18.0 Å². The van der Waals surface area contributed by atoms with E-state index in [1.165, 1.54) is 7.11 Å². The Balaban J connectivity index is 1.76. The second-order valence-electron chi connectivity index (χ2n) is 9.13. The van der Waals surface area contributed by atoms with Crippen LogP contribution in [0.4, 0.5) is 10.5 Å². The van der Waals surface area contributed by atoms with Crippen LogP contribution < -0.4 is 25.4 Å². The van der Waals surface area contributed by atoms with Crippen molar-refractivity contribution in [2.45, 2.75) is 40.7 Å². The minimum absolute atomic E-state index is 0.170. The lowest BCUT2D eigenvalue weighted by Crippen LogP contribution is -2.45. The van der Waals surface area contributed by atoms with E-state index in [2.05, 4.69) is 16.0 Å². The molecule has 1 heterocycles. The second-order valence-corrected chi connectivity index (χ2v) is 9.13. The maximum Gasteiger partial charge on any atom is 0.338 e. The number of hydrogen-bond donors (Lipinski definition) is 3. The van der Waals surface area contributed by atoms with Gasteiger partial charge in [-0.3, -0.25) is 4.79 Å². The zero-order valence-electron chi connectivity index (χ0n) is 21.5. The quantitative estimate of drug-likeness (QED) is 0.450. The van der Waals surface area contributed by atoms with Gasteiger partial charge in [0, 0.05) is 11.4 Å². The predicted octanol–water partition coefficient (Wildman–Crippen LogP) is 4.16. The highest BCUT2D eigenvalue weighted by atomic mass is 16.5.